The molecule has 0 amide bonds. The summed E-state index contributed by atoms with van der Waals surface area (Å²) in [5, 5.41) is 18.8. The topological polar surface area (TPSA) is 56.6 Å². The first kappa shape index (κ1) is 10.5. The molecular weight excluding hydrogens is 192 g/mol. The lowest BCUT2D eigenvalue weighted by atomic mass is 10.3. The van der Waals surface area contributed by atoms with Crippen LogP contribution >= 0.6 is 0 Å². The molecule has 4 heteroatoms. The molecule has 0 aromatic carbocycles. The minimum Gasteiger partial charge on any atom is -0.389 e. The Morgan fingerprint density at radius 3 is 2.60 bits per heavy atom. The third-order valence-corrected chi connectivity index (χ3v) is 2.67. The molecule has 1 aromatic rings. The summed E-state index contributed by atoms with van der Waals surface area (Å²) in [7, 11) is 0. The van der Waals surface area contributed by atoms with E-state index in [1.807, 2.05) is 30.0 Å². The summed E-state index contributed by atoms with van der Waals surface area (Å²) in [4.78, 5) is 6.39. The van der Waals surface area contributed by atoms with Crippen LogP contribution in [0.5, 0.6) is 0 Å². The van der Waals surface area contributed by atoms with Crippen LogP contribution in [-0.4, -0.2) is 45.4 Å². The van der Waals surface area contributed by atoms with E-state index in [-0.39, 0.29) is 0 Å². The van der Waals surface area contributed by atoms with E-state index in [0.29, 0.717) is 19.6 Å². The van der Waals surface area contributed by atoms with Gasteiger partial charge in [-0.15, -0.1) is 0 Å². The van der Waals surface area contributed by atoms with Crippen LogP contribution in [0.4, 0.5) is 0 Å². The quantitative estimate of drug-likeness (QED) is 0.714. The van der Waals surface area contributed by atoms with E-state index in [1.54, 1.807) is 0 Å². The Labute approximate surface area is 89.2 Å². The molecule has 0 saturated carbocycles. The molecule has 0 spiro atoms. The Morgan fingerprint density at radius 1 is 1.33 bits per heavy atom. The molecule has 2 heterocycles. The molecule has 0 bridgehead atoms. The van der Waals surface area contributed by atoms with Crippen LogP contribution in [0.3, 0.4) is 0 Å². The summed E-state index contributed by atoms with van der Waals surface area (Å²) in [6.45, 7) is 3.69. The number of pyridine rings is 1. The van der Waals surface area contributed by atoms with Gasteiger partial charge < -0.3 is 10.2 Å². The van der Waals surface area contributed by atoms with Gasteiger partial charge in [-0.3, -0.25) is 9.88 Å². The number of aliphatic hydroxyl groups is 2. The van der Waals surface area contributed by atoms with Gasteiger partial charge in [0.1, 0.15) is 0 Å². The van der Waals surface area contributed by atoms with Crippen LogP contribution < -0.4 is 0 Å². The summed E-state index contributed by atoms with van der Waals surface area (Å²) in [6.07, 6.45) is -1.23. The normalized spacial score (nSPS) is 27.1. The predicted molar refractivity (Wildman–Crippen MR) is 56.3 cm³/mol. The van der Waals surface area contributed by atoms with Crippen molar-refractivity contribution in [3.63, 3.8) is 0 Å². The SMILES string of the molecule is Cc1cccc(CN2CC(O)C(O)C2)n1. The lowest BCUT2D eigenvalue weighted by Crippen LogP contribution is -2.22. The van der Waals surface area contributed by atoms with Gasteiger partial charge in [0, 0.05) is 25.3 Å². The fraction of sp³-hybridized carbons (Fsp3) is 0.545. The number of hydrogen-bond donors (Lipinski definition) is 2. The van der Waals surface area contributed by atoms with E-state index in [9.17, 15) is 10.2 Å². The number of β-amino-alcohol motifs (C(OH)–C–C–N with tert-alkyl or cyclic N) is 2. The molecule has 82 valence electrons. The van der Waals surface area contributed by atoms with E-state index >= 15 is 0 Å². The summed E-state index contributed by atoms with van der Waals surface area (Å²) in [5.41, 5.74) is 1.98. The predicted octanol–water partition coefficient (Wildman–Crippen LogP) is -0.0726. The molecule has 0 radical (unpaired) electrons. The van der Waals surface area contributed by atoms with Crippen LogP contribution in [0, 0.1) is 6.92 Å². The van der Waals surface area contributed by atoms with Gasteiger partial charge in [0.15, 0.2) is 0 Å². The fourth-order valence-corrected chi connectivity index (χ4v) is 1.89. The second-order valence-electron chi connectivity index (χ2n) is 4.10. The number of hydrogen-bond acceptors (Lipinski definition) is 4. The van der Waals surface area contributed by atoms with Crippen molar-refractivity contribution in [2.45, 2.75) is 25.7 Å². The van der Waals surface area contributed by atoms with Crippen molar-refractivity contribution >= 4 is 0 Å². The van der Waals surface area contributed by atoms with Crippen LogP contribution in [0.1, 0.15) is 11.4 Å². The van der Waals surface area contributed by atoms with Gasteiger partial charge in [-0.25, -0.2) is 0 Å². The molecule has 1 aliphatic rings. The number of rotatable bonds is 2. The Hall–Kier alpha value is -0.970. The van der Waals surface area contributed by atoms with E-state index < -0.39 is 12.2 Å². The maximum Gasteiger partial charge on any atom is 0.0938 e. The summed E-state index contributed by atoms with van der Waals surface area (Å²) < 4.78 is 0. The number of aromatic nitrogens is 1. The molecular formula is C11H16N2O2. The second kappa shape index (κ2) is 4.26. The zero-order valence-electron chi connectivity index (χ0n) is 8.80. The molecule has 2 N–H and O–H groups in total. The smallest absolute Gasteiger partial charge is 0.0938 e. The first-order valence-corrected chi connectivity index (χ1v) is 5.16. The molecule has 0 aliphatic carbocycles. The number of nitrogens with zero attached hydrogens (tertiary/aromatic N) is 2. The summed E-state index contributed by atoms with van der Waals surface area (Å²) >= 11 is 0. The number of likely N-dealkylation sites (tertiary alicyclic amines) is 1. The van der Waals surface area contributed by atoms with Crippen molar-refractivity contribution in [1.82, 2.24) is 9.88 Å². The molecule has 2 atom stereocenters. The van der Waals surface area contributed by atoms with Crippen molar-refractivity contribution in [3.05, 3.63) is 29.6 Å². The molecule has 15 heavy (non-hydrogen) atoms. The lowest BCUT2D eigenvalue weighted by Gasteiger charge is -2.13. The zero-order valence-corrected chi connectivity index (χ0v) is 8.80. The molecule has 1 saturated heterocycles. The Kier molecular flexibility index (Phi) is 3.00. The molecule has 4 nitrogen and oxygen atoms in total. The maximum atomic E-state index is 9.39. The zero-order chi connectivity index (χ0) is 10.8. The standard InChI is InChI=1S/C11H16N2O2/c1-8-3-2-4-9(12-8)5-13-6-10(14)11(15)7-13/h2-4,10-11,14-15H,5-7H2,1H3. The third-order valence-electron chi connectivity index (χ3n) is 2.67. The monoisotopic (exact) mass is 208 g/mol. The third kappa shape index (κ3) is 2.53. The highest BCUT2D eigenvalue weighted by molar-refractivity contribution is 5.10. The van der Waals surface area contributed by atoms with Gasteiger partial charge in [0.05, 0.1) is 17.9 Å². The minimum atomic E-state index is -0.616. The van der Waals surface area contributed by atoms with Gasteiger partial charge in [0.2, 0.25) is 0 Å². The van der Waals surface area contributed by atoms with E-state index in [2.05, 4.69) is 4.98 Å². The van der Waals surface area contributed by atoms with Crippen molar-refractivity contribution in [3.8, 4) is 0 Å². The average Bonchev–Trinajstić information content (AvgIpc) is 2.45. The van der Waals surface area contributed by atoms with Gasteiger partial charge in [-0.05, 0) is 19.1 Å². The van der Waals surface area contributed by atoms with E-state index in [0.717, 1.165) is 11.4 Å². The minimum absolute atomic E-state index is 0.525. The van der Waals surface area contributed by atoms with Crippen LogP contribution in [-0.2, 0) is 6.54 Å². The van der Waals surface area contributed by atoms with Gasteiger partial charge >= 0.3 is 0 Å². The molecule has 2 unspecified atom stereocenters. The van der Waals surface area contributed by atoms with Crippen molar-refractivity contribution < 1.29 is 10.2 Å². The highest BCUT2D eigenvalue weighted by atomic mass is 16.3. The van der Waals surface area contributed by atoms with Crippen LogP contribution in [0.15, 0.2) is 18.2 Å². The largest absolute Gasteiger partial charge is 0.389 e. The average molecular weight is 208 g/mol. The highest BCUT2D eigenvalue weighted by Gasteiger charge is 2.29. The summed E-state index contributed by atoms with van der Waals surface area (Å²) in [5.74, 6) is 0. The Balaban J connectivity index is 1.98. The van der Waals surface area contributed by atoms with Crippen molar-refractivity contribution in [1.29, 1.82) is 0 Å². The van der Waals surface area contributed by atoms with Crippen LogP contribution in [0.2, 0.25) is 0 Å². The number of aryl methyl sites for hydroxylation is 1. The maximum absolute atomic E-state index is 9.39. The van der Waals surface area contributed by atoms with E-state index in [1.165, 1.54) is 0 Å². The molecule has 1 fully saturated rings. The Morgan fingerprint density at radius 2 is 2.00 bits per heavy atom. The molecule has 1 aromatic heterocycles. The van der Waals surface area contributed by atoms with Gasteiger partial charge in [0.25, 0.3) is 0 Å². The molecule has 2 rings (SSSR count). The molecule has 1 aliphatic heterocycles. The van der Waals surface area contributed by atoms with Crippen molar-refractivity contribution in [2.75, 3.05) is 13.1 Å². The van der Waals surface area contributed by atoms with Crippen molar-refractivity contribution in [2.24, 2.45) is 0 Å². The van der Waals surface area contributed by atoms with Gasteiger partial charge in [-0.1, -0.05) is 6.07 Å². The number of aliphatic hydroxyl groups excluding tert-OH is 2. The fourth-order valence-electron chi connectivity index (χ4n) is 1.89. The summed E-state index contributed by atoms with van der Waals surface area (Å²) in [6, 6.07) is 5.89. The van der Waals surface area contributed by atoms with Crippen LogP contribution in [0.25, 0.3) is 0 Å². The second-order valence-corrected chi connectivity index (χ2v) is 4.10. The van der Waals surface area contributed by atoms with E-state index in [4.69, 9.17) is 0 Å². The lowest BCUT2D eigenvalue weighted by molar-refractivity contribution is 0.0572. The Bertz CT molecular complexity index is 333. The first-order valence-electron chi connectivity index (χ1n) is 5.16. The van der Waals surface area contributed by atoms with Gasteiger partial charge in [-0.2, -0.15) is 0 Å². The highest BCUT2D eigenvalue weighted by Crippen LogP contribution is 2.13. The first-order chi connectivity index (χ1) is 7.15.